The van der Waals surface area contributed by atoms with Gasteiger partial charge in [-0.1, -0.05) is 29.8 Å². The van der Waals surface area contributed by atoms with Crippen LogP contribution in [0, 0.1) is 0 Å². The molecule has 0 N–H and O–H groups in total. The van der Waals surface area contributed by atoms with Gasteiger partial charge in [0.15, 0.2) is 15.5 Å². The lowest BCUT2D eigenvalue weighted by molar-refractivity contribution is 0.0572. The summed E-state index contributed by atoms with van der Waals surface area (Å²) in [6.07, 6.45) is 2.92. The predicted octanol–water partition coefficient (Wildman–Crippen LogP) is 4.12. The summed E-state index contributed by atoms with van der Waals surface area (Å²) < 4.78 is 36.2. The second-order valence-corrected chi connectivity index (χ2v) is 10.1. The van der Waals surface area contributed by atoms with Gasteiger partial charge < -0.3 is 9.15 Å². The number of nitrogens with zero attached hydrogens (tertiary/aromatic N) is 4. The smallest absolute Gasteiger partial charge is 0.359 e. The number of benzene rings is 2. The Hall–Kier alpha value is -3.15. The zero-order valence-corrected chi connectivity index (χ0v) is 19.8. The van der Waals surface area contributed by atoms with E-state index in [1.54, 1.807) is 42.7 Å². The van der Waals surface area contributed by atoms with E-state index < -0.39 is 15.8 Å². The number of aromatic nitrogens is 4. The zero-order chi connectivity index (χ0) is 23.6. The minimum Gasteiger partial charge on any atom is -0.450 e. The number of esters is 1. The van der Waals surface area contributed by atoms with E-state index >= 15 is 0 Å². The van der Waals surface area contributed by atoms with Gasteiger partial charge in [0.25, 0.3) is 5.89 Å². The first-order valence-electron chi connectivity index (χ1n) is 9.43. The van der Waals surface area contributed by atoms with Crippen LogP contribution >= 0.6 is 23.4 Å². The average Bonchev–Trinajstić information content (AvgIpc) is 3.45. The molecule has 0 fully saturated rings. The number of carbonyl (C=O) groups excluding carboxylic acids is 1. The van der Waals surface area contributed by atoms with Gasteiger partial charge in [-0.05, 0) is 36.6 Å². The highest BCUT2D eigenvalue weighted by Gasteiger charge is 2.23. The Bertz CT molecular complexity index is 1430. The van der Waals surface area contributed by atoms with Crippen LogP contribution < -0.4 is 0 Å². The second-order valence-electron chi connectivity index (χ2n) is 6.83. The fraction of sp³-hybridized carbons (Fsp3) is 0.143. The lowest BCUT2D eigenvalue weighted by Gasteiger charge is -2.06. The summed E-state index contributed by atoms with van der Waals surface area (Å²) in [5, 5.41) is 12.9. The molecule has 2 aromatic carbocycles. The van der Waals surface area contributed by atoms with Crippen LogP contribution in [0.25, 0.3) is 28.7 Å². The van der Waals surface area contributed by atoms with Crippen molar-refractivity contribution >= 4 is 39.2 Å². The third-order valence-corrected chi connectivity index (χ3v) is 6.24. The maximum atomic E-state index is 12.4. The maximum absolute atomic E-state index is 12.4. The first-order valence-corrected chi connectivity index (χ1v) is 13.1. The van der Waals surface area contributed by atoms with Gasteiger partial charge in [-0.2, -0.15) is 5.10 Å². The van der Waals surface area contributed by atoms with E-state index in [0.717, 1.165) is 6.26 Å². The third kappa shape index (κ3) is 4.95. The number of para-hydroxylation sites is 1. The van der Waals surface area contributed by atoms with Crippen LogP contribution in [0.1, 0.15) is 10.5 Å². The van der Waals surface area contributed by atoms with Crippen molar-refractivity contribution in [1.29, 1.82) is 0 Å². The summed E-state index contributed by atoms with van der Waals surface area (Å²) in [4.78, 5) is 12.5. The Labute approximate surface area is 198 Å². The van der Waals surface area contributed by atoms with E-state index in [9.17, 15) is 13.2 Å². The molecule has 0 saturated heterocycles. The molecule has 0 amide bonds. The quantitative estimate of drug-likeness (QED) is 0.270. The van der Waals surface area contributed by atoms with E-state index in [4.69, 9.17) is 20.8 Å². The van der Waals surface area contributed by atoms with Crippen LogP contribution in [0.4, 0.5) is 0 Å². The second kappa shape index (κ2) is 9.38. The van der Waals surface area contributed by atoms with Gasteiger partial charge in [0.1, 0.15) is 11.6 Å². The van der Waals surface area contributed by atoms with E-state index in [0.29, 0.717) is 22.0 Å². The van der Waals surface area contributed by atoms with E-state index in [1.165, 1.54) is 34.6 Å². The lowest BCUT2D eigenvalue weighted by Crippen LogP contribution is -2.07. The first kappa shape index (κ1) is 23.0. The average molecular weight is 505 g/mol. The number of sulfone groups is 1. The van der Waals surface area contributed by atoms with Crippen LogP contribution in [0.3, 0.4) is 0 Å². The molecule has 0 saturated carbocycles. The predicted molar refractivity (Wildman–Crippen MR) is 124 cm³/mol. The Kier molecular flexibility index (Phi) is 6.54. The molecular formula is C21H17ClN4O5S2. The molecule has 0 aliphatic rings. The Morgan fingerprint density at radius 3 is 2.61 bits per heavy atom. The number of rotatable bonds is 7. The summed E-state index contributed by atoms with van der Waals surface area (Å²) in [5.41, 5.74) is 1.28. The van der Waals surface area contributed by atoms with Crippen LogP contribution in [0.2, 0.25) is 5.02 Å². The zero-order valence-electron chi connectivity index (χ0n) is 17.4. The molecule has 170 valence electrons. The molecule has 2 aromatic heterocycles. The van der Waals surface area contributed by atoms with E-state index in [2.05, 4.69) is 15.3 Å². The molecule has 0 atom stereocenters. The summed E-state index contributed by atoms with van der Waals surface area (Å²) in [6, 6.07) is 14.6. The molecular weight excluding hydrogens is 488 g/mol. The number of thioether (sulfide) groups is 1. The SMILES string of the molecule is CSCOC(=O)c1cc(-c2nnc(-c3cccc(S(C)(=O)=O)c3)o2)n(-c2ccccc2Cl)n1. The molecule has 0 aliphatic heterocycles. The number of carbonyl (C=O) groups is 1. The van der Waals surface area contributed by atoms with E-state index in [-0.39, 0.29) is 28.3 Å². The molecule has 4 rings (SSSR count). The lowest BCUT2D eigenvalue weighted by atomic mass is 10.2. The van der Waals surface area contributed by atoms with Crippen molar-refractivity contribution in [3.63, 3.8) is 0 Å². The molecule has 4 aromatic rings. The Morgan fingerprint density at radius 1 is 1.12 bits per heavy atom. The largest absolute Gasteiger partial charge is 0.450 e. The number of hydrogen-bond donors (Lipinski definition) is 0. The van der Waals surface area contributed by atoms with Gasteiger partial charge in [-0.25, -0.2) is 17.9 Å². The van der Waals surface area contributed by atoms with Crippen LogP contribution in [-0.2, 0) is 14.6 Å². The Balaban J connectivity index is 1.79. The van der Waals surface area contributed by atoms with Gasteiger partial charge in [0, 0.05) is 17.9 Å². The van der Waals surface area contributed by atoms with Crippen molar-refractivity contribution < 1.29 is 22.4 Å². The normalized spacial score (nSPS) is 11.5. The molecule has 0 unspecified atom stereocenters. The van der Waals surface area contributed by atoms with Crippen molar-refractivity contribution in [3.05, 3.63) is 65.3 Å². The highest BCUT2D eigenvalue weighted by atomic mass is 35.5. The third-order valence-electron chi connectivity index (χ3n) is 4.46. The van der Waals surface area contributed by atoms with Crippen LogP contribution in [-0.4, -0.2) is 52.8 Å². The van der Waals surface area contributed by atoms with Crippen molar-refractivity contribution in [2.24, 2.45) is 0 Å². The fourth-order valence-electron chi connectivity index (χ4n) is 2.93. The highest BCUT2D eigenvalue weighted by molar-refractivity contribution is 7.98. The molecule has 0 aliphatic carbocycles. The molecule has 2 heterocycles. The number of halogens is 1. The van der Waals surface area contributed by atoms with Crippen molar-refractivity contribution in [3.8, 4) is 28.7 Å². The van der Waals surface area contributed by atoms with Gasteiger partial charge in [-0.15, -0.1) is 22.0 Å². The standard InChI is InChI=1S/C21H17ClN4O5S2/c1-32-12-30-21(27)16-11-18(26(25-16)17-9-4-3-8-15(17)22)20-24-23-19(31-20)13-6-5-7-14(10-13)33(2,28)29/h3-11H,12H2,1-2H3. The molecule has 12 heteroatoms. The van der Waals surface area contributed by atoms with Gasteiger partial charge in [-0.3, -0.25) is 0 Å². The molecule has 0 radical (unpaired) electrons. The van der Waals surface area contributed by atoms with Crippen LogP contribution in [0.15, 0.2) is 63.9 Å². The number of ether oxygens (including phenoxy) is 1. The summed E-state index contributed by atoms with van der Waals surface area (Å²) in [7, 11) is -3.41. The summed E-state index contributed by atoms with van der Waals surface area (Å²) in [5.74, 6) is -0.272. The van der Waals surface area contributed by atoms with Crippen molar-refractivity contribution in [2.75, 3.05) is 18.5 Å². The molecule has 0 bridgehead atoms. The van der Waals surface area contributed by atoms with Crippen molar-refractivity contribution in [2.45, 2.75) is 4.90 Å². The summed E-state index contributed by atoms with van der Waals surface area (Å²) >= 11 is 7.70. The fourth-order valence-corrected chi connectivity index (χ4v) is 4.04. The minimum atomic E-state index is -3.41. The molecule has 33 heavy (non-hydrogen) atoms. The first-order chi connectivity index (χ1) is 15.8. The van der Waals surface area contributed by atoms with E-state index in [1.807, 2.05) is 0 Å². The van der Waals surface area contributed by atoms with Gasteiger partial charge in [0.05, 0.1) is 15.6 Å². The van der Waals surface area contributed by atoms with Gasteiger partial charge in [0.2, 0.25) is 5.89 Å². The Morgan fingerprint density at radius 2 is 1.88 bits per heavy atom. The minimum absolute atomic E-state index is 0.0396. The highest BCUT2D eigenvalue weighted by Crippen LogP contribution is 2.30. The van der Waals surface area contributed by atoms with Gasteiger partial charge >= 0.3 is 5.97 Å². The number of hydrogen-bond acceptors (Lipinski definition) is 9. The summed E-state index contributed by atoms with van der Waals surface area (Å²) in [6.45, 7) is 0. The van der Waals surface area contributed by atoms with Crippen LogP contribution in [0.5, 0.6) is 0 Å². The molecule has 0 spiro atoms. The monoisotopic (exact) mass is 504 g/mol. The molecule has 9 nitrogen and oxygen atoms in total. The van der Waals surface area contributed by atoms with Crippen molar-refractivity contribution in [1.82, 2.24) is 20.0 Å². The maximum Gasteiger partial charge on any atom is 0.359 e. The topological polar surface area (TPSA) is 117 Å².